The van der Waals surface area contributed by atoms with Crippen LogP contribution in [0.4, 0.5) is 5.69 Å². The van der Waals surface area contributed by atoms with Gasteiger partial charge in [0.15, 0.2) is 0 Å². The highest BCUT2D eigenvalue weighted by Gasteiger charge is 2.42. The summed E-state index contributed by atoms with van der Waals surface area (Å²) in [6.07, 6.45) is 1.41. The highest BCUT2D eigenvalue weighted by atomic mass is 16.2. The van der Waals surface area contributed by atoms with E-state index in [2.05, 4.69) is 15.6 Å². The Morgan fingerprint density at radius 1 is 1.10 bits per heavy atom. The maximum absolute atomic E-state index is 13.0. The summed E-state index contributed by atoms with van der Waals surface area (Å²) in [5.41, 5.74) is 3.97. The lowest BCUT2D eigenvalue weighted by molar-refractivity contribution is -0.138. The number of nitrogens with zero attached hydrogens (tertiary/aromatic N) is 1. The number of carbonyl (C=O) groups is 3. The van der Waals surface area contributed by atoms with Crippen LogP contribution in [0.5, 0.6) is 0 Å². The number of aryl methyl sites for hydroxylation is 2. The third-order valence-electron chi connectivity index (χ3n) is 6.10. The van der Waals surface area contributed by atoms with E-state index in [9.17, 15) is 14.4 Å². The van der Waals surface area contributed by atoms with Crippen molar-refractivity contribution in [3.8, 4) is 0 Å². The van der Waals surface area contributed by atoms with Crippen LogP contribution in [0.25, 0.3) is 10.9 Å². The van der Waals surface area contributed by atoms with Crippen molar-refractivity contribution in [1.29, 1.82) is 0 Å². The molecule has 1 aliphatic heterocycles. The second-order valence-electron chi connectivity index (χ2n) is 8.18. The molecule has 0 bridgehead atoms. The molecule has 2 aromatic carbocycles. The standard InChI is InChI=1S/C25H25N3O3/c1-4-25(12-11-22(29)28-24(25)31)17-6-8-18(9-7-17)27-23(30)20-14-16(3)26-21-10-5-15(2)13-19(20)21/h5-10,13-14H,4,11-12H2,1-3H3,(H,27,30)(H,28,29,31). The van der Waals surface area contributed by atoms with E-state index in [1.165, 1.54) is 0 Å². The van der Waals surface area contributed by atoms with Gasteiger partial charge in [0.2, 0.25) is 11.8 Å². The van der Waals surface area contributed by atoms with Crippen LogP contribution in [0.3, 0.4) is 0 Å². The van der Waals surface area contributed by atoms with Crippen LogP contribution in [-0.2, 0) is 15.0 Å². The molecule has 3 amide bonds. The summed E-state index contributed by atoms with van der Waals surface area (Å²) < 4.78 is 0. The minimum Gasteiger partial charge on any atom is -0.322 e. The molecule has 0 spiro atoms. The Hall–Kier alpha value is -3.54. The second kappa shape index (κ2) is 7.95. The Bertz CT molecular complexity index is 1200. The average Bonchev–Trinajstić information content (AvgIpc) is 2.74. The number of pyridine rings is 1. The van der Waals surface area contributed by atoms with Crippen molar-refractivity contribution >= 4 is 34.3 Å². The number of carbonyl (C=O) groups excluding carboxylic acids is 3. The first-order valence-electron chi connectivity index (χ1n) is 10.5. The first-order valence-corrected chi connectivity index (χ1v) is 10.5. The van der Waals surface area contributed by atoms with Gasteiger partial charge in [-0.1, -0.05) is 30.7 Å². The Morgan fingerprint density at radius 3 is 2.52 bits per heavy atom. The fourth-order valence-electron chi connectivity index (χ4n) is 4.30. The van der Waals surface area contributed by atoms with Gasteiger partial charge in [-0.3, -0.25) is 24.7 Å². The van der Waals surface area contributed by atoms with Gasteiger partial charge in [-0.05, 0) is 62.6 Å². The van der Waals surface area contributed by atoms with E-state index in [1.807, 2.05) is 51.1 Å². The van der Waals surface area contributed by atoms with E-state index >= 15 is 0 Å². The molecule has 1 aliphatic rings. The number of piperidine rings is 1. The van der Waals surface area contributed by atoms with E-state index in [1.54, 1.807) is 18.2 Å². The number of fused-ring (bicyclic) bond motifs is 1. The zero-order valence-electron chi connectivity index (χ0n) is 17.9. The predicted octanol–water partition coefficient (Wildman–Crippen LogP) is 4.19. The monoisotopic (exact) mass is 415 g/mol. The summed E-state index contributed by atoms with van der Waals surface area (Å²) in [5.74, 6) is -0.690. The van der Waals surface area contributed by atoms with Gasteiger partial charge in [0.05, 0.1) is 16.5 Å². The summed E-state index contributed by atoms with van der Waals surface area (Å²) >= 11 is 0. The number of aromatic nitrogens is 1. The molecule has 31 heavy (non-hydrogen) atoms. The molecule has 6 nitrogen and oxygen atoms in total. The van der Waals surface area contributed by atoms with Crippen molar-refractivity contribution in [2.45, 2.75) is 45.4 Å². The quantitative estimate of drug-likeness (QED) is 0.626. The van der Waals surface area contributed by atoms with Crippen LogP contribution < -0.4 is 10.6 Å². The molecule has 2 heterocycles. The maximum atomic E-state index is 13.0. The summed E-state index contributed by atoms with van der Waals surface area (Å²) in [5, 5.41) is 6.23. The van der Waals surface area contributed by atoms with Crippen molar-refractivity contribution in [2.75, 3.05) is 5.32 Å². The van der Waals surface area contributed by atoms with E-state index < -0.39 is 5.41 Å². The lowest BCUT2D eigenvalue weighted by Crippen LogP contribution is -2.51. The number of hydrogen-bond donors (Lipinski definition) is 2. The van der Waals surface area contributed by atoms with Gasteiger partial charge in [-0.2, -0.15) is 0 Å². The Balaban J connectivity index is 1.61. The number of rotatable bonds is 4. The van der Waals surface area contributed by atoms with Crippen molar-refractivity contribution in [3.05, 3.63) is 70.9 Å². The lowest BCUT2D eigenvalue weighted by atomic mass is 9.72. The fraction of sp³-hybridized carbons (Fsp3) is 0.280. The molecule has 0 saturated carbocycles. The third-order valence-corrected chi connectivity index (χ3v) is 6.10. The largest absolute Gasteiger partial charge is 0.322 e. The van der Waals surface area contributed by atoms with Crippen LogP contribution in [0.2, 0.25) is 0 Å². The average molecular weight is 415 g/mol. The molecular weight excluding hydrogens is 390 g/mol. The van der Waals surface area contributed by atoms with Gasteiger partial charge in [-0.15, -0.1) is 0 Å². The van der Waals surface area contributed by atoms with Gasteiger partial charge in [0.1, 0.15) is 0 Å². The highest BCUT2D eigenvalue weighted by molar-refractivity contribution is 6.12. The number of hydrogen-bond acceptors (Lipinski definition) is 4. The molecule has 1 unspecified atom stereocenters. The lowest BCUT2D eigenvalue weighted by Gasteiger charge is -2.35. The molecule has 3 aromatic rings. The first kappa shape index (κ1) is 20.7. The zero-order chi connectivity index (χ0) is 22.2. The van der Waals surface area contributed by atoms with E-state index in [0.29, 0.717) is 30.5 Å². The molecule has 1 saturated heterocycles. The van der Waals surface area contributed by atoms with Crippen molar-refractivity contribution in [1.82, 2.24) is 10.3 Å². The number of nitrogens with one attached hydrogen (secondary N) is 2. The molecule has 1 fully saturated rings. The zero-order valence-corrected chi connectivity index (χ0v) is 17.9. The number of anilines is 1. The molecular formula is C25H25N3O3. The Morgan fingerprint density at radius 2 is 1.84 bits per heavy atom. The van der Waals surface area contributed by atoms with Crippen LogP contribution in [0.1, 0.15) is 53.4 Å². The van der Waals surface area contributed by atoms with E-state index in [4.69, 9.17) is 0 Å². The number of amides is 3. The molecule has 158 valence electrons. The number of imide groups is 1. The normalized spacial score (nSPS) is 18.7. The molecule has 2 N–H and O–H groups in total. The smallest absolute Gasteiger partial charge is 0.256 e. The molecule has 0 radical (unpaired) electrons. The van der Waals surface area contributed by atoms with Crippen LogP contribution in [-0.4, -0.2) is 22.7 Å². The Labute approximate surface area is 181 Å². The van der Waals surface area contributed by atoms with Gasteiger partial charge < -0.3 is 5.32 Å². The summed E-state index contributed by atoms with van der Waals surface area (Å²) in [6, 6.07) is 15.0. The van der Waals surface area contributed by atoms with Gasteiger partial charge >= 0.3 is 0 Å². The van der Waals surface area contributed by atoms with Gasteiger partial charge in [0.25, 0.3) is 5.91 Å². The van der Waals surface area contributed by atoms with E-state index in [0.717, 1.165) is 27.7 Å². The first-order chi connectivity index (χ1) is 14.8. The van der Waals surface area contributed by atoms with Crippen LogP contribution >= 0.6 is 0 Å². The second-order valence-corrected chi connectivity index (χ2v) is 8.18. The molecule has 6 heteroatoms. The minimum atomic E-state index is -0.716. The summed E-state index contributed by atoms with van der Waals surface area (Å²) in [6.45, 7) is 5.80. The third kappa shape index (κ3) is 3.81. The van der Waals surface area contributed by atoms with E-state index in [-0.39, 0.29) is 17.7 Å². The molecule has 1 atom stereocenters. The minimum absolute atomic E-state index is 0.208. The predicted molar refractivity (Wildman–Crippen MR) is 120 cm³/mol. The molecule has 0 aliphatic carbocycles. The summed E-state index contributed by atoms with van der Waals surface area (Å²) in [7, 11) is 0. The van der Waals surface area contributed by atoms with Crippen LogP contribution in [0, 0.1) is 13.8 Å². The van der Waals surface area contributed by atoms with Crippen molar-refractivity contribution in [3.63, 3.8) is 0 Å². The fourth-order valence-corrected chi connectivity index (χ4v) is 4.30. The summed E-state index contributed by atoms with van der Waals surface area (Å²) in [4.78, 5) is 41.7. The van der Waals surface area contributed by atoms with Gasteiger partial charge in [0, 0.05) is 23.2 Å². The SMILES string of the molecule is CCC1(c2ccc(NC(=O)c3cc(C)nc4ccc(C)cc34)cc2)CCC(=O)NC1=O. The topological polar surface area (TPSA) is 88.2 Å². The Kier molecular flexibility index (Phi) is 5.31. The molecule has 4 rings (SSSR count). The maximum Gasteiger partial charge on any atom is 0.256 e. The van der Waals surface area contributed by atoms with Crippen molar-refractivity contribution < 1.29 is 14.4 Å². The highest BCUT2D eigenvalue weighted by Crippen LogP contribution is 2.36. The number of benzene rings is 2. The van der Waals surface area contributed by atoms with Crippen molar-refractivity contribution in [2.24, 2.45) is 0 Å². The van der Waals surface area contributed by atoms with Crippen LogP contribution in [0.15, 0.2) is 48.5 Å². The van der Waals surface area contributed by atoms with Gasteiger partial charge in [-0.25, -0.2) is 0 Å². The molecule has 1 aromatic heterocycles.